The normalized spacial score (nSPS) is 15.4. The summed E-state index contributed by atoms with van der Waals surface area (Å²) < 4.78 is 5.51. The molecule has 0 saturated carbocycles. The summed E-state index contributed by atoms with van der Waals surface area (Å²) in [4.78, 5) is 36.0. The maximum atomic E-state index is 13.7. The Bertz CT molecular complexity index is 1040. The molecule has 1 unspecified atom stereocenters. The Morgan fingerprint density at radius 3 is 2.47 bits per heavy atom. The number of benzene rings is 2. The van der Waals surface area contributed by atoms with Crippen molar-refractivity contribution in [3.63, 3.8) is 0 Å². The fourth-order valence-corrected chi connectivity index (χ4v) is 4.42. The molecular formula is C24H26N4O3S. The molecule has 1 aromatic heterocycles. The molecule has 0 spiro atoms. The highest BCUT2D eigenvalue weighted by Gasteiger charge is 2.39. The molecule has 0 radical (unpaired) electrons. The lowest BCUT2D eigenvalue weighted by Gasteiger charge is -2.28. The second-order valence-electron chi connectivity index (χ2n) is 7.79. The van der Waals surface area contributed by atoms with Gasteiger partial charge in [0.15, 0.2) is 5.13 Å². The number of ether oxygens (including phenoxy) is 1. The van der Waals surface area contributed by atoms with E-state index < -0.39 is 12.1 Å². The number of aromatic nitrogens is 1. The number of carbonyl (C=O) groups is 2. The first-order valence-electron chi connectivity index (χ1n) is 10.5. The zero-order valence-corrected chi connectivity index (χ0v) is 19.0. The minimum Gasteiger partial charge on any atom is -0.445 e. The second-order valence-corrected chi connectivity index (χ2v) is 8.66. The minimum absolute atomic E-state index is 0.174. The van der Waals surface area contributed by atoms with Crippen LogP contribution in [0.15, 0.2) is 66.2 Å². The van der Waals surface area contributed by atoms with E-state index in [1.807, 2.05) is 79.0 Å². The monoisotopic (exact) mass is 450 g/mol. The Labute approximate surface area is 191 Å². The van der Waals surface area contributed by atoms with Crippen LogP contribution in [0.2, 0.25) is 0 Å². The maximum Gasteiger partial charge on any atom is 0.410 e. The van der Waals surface area contributed by atoms with E-state index in [2.05, 4.69) is 4.98 Å². The largest absolute Gasteiger partial charge is 0.445 e. The van der Waals surface area contributed by atoms with Crippen LogP contribution in [0.25, 0.3) is 0 Å². The highest BCUT2D eigenvalue weighted by atomic mass is 32.1. The van der Waals surface area contributed by atoms with Gasteiger partial charge in [-0.15, -0.1) is 11.3 Å². The molecule has 32 heavy (non-hydrogen) atoms. The molecule has 3 aromatic rings. The number of hydrogen-bond acceptors (Lipinski definition) is 6. The molecular weight excluding hydrogens is 424 g/mol. The van der Waals surface area contributed by atoms with Crippen LogP contribution in [-0.4, -0.2) is 48.6 Å². The fourth-order valence-electron chi connectivity index (χ4n) is 3.75. The maximum absolute atomic E-state index is 13.7. The van der Waals surface area contributed by atoms with Gasteiger partial charge in [-0.2, -0.15) is 0 Å². The van der Waals surface area contributed by atoms with Gasteiger partial charge in [0.1, 0.15) is 12.6 Å². The Balaban J connectivity index is 1.54. The number of nitrogens with zero attached hydrogens (tertiary/aromatic N) is 4. The van der Waals surface area contributed by atoms with Gasteiger partial charge < -0.3 is 9.64 Å². The van der Waals surface area contributed by atoms with Gasteiger partial charge >= 0.3 is 6.09 Å². The summed E-state index contributed by atoms with van der Waals surface area (Å²) in [6, 6.07) is 16.7. The van der Waals surface area contributed by atoms with Crippen molar-refractivity contribution in [2.24, 2.45) is 0 Å². The highest BCUT2D eigenvalue weighted by Crippen LogP contribution is 2.32. The van der Waals surface area contributed by atoms with E-state index in [-0.39, 0.29) is 12.5 Å². The van der Waals surface area contributed by atoms with Crippen molar-refractivity contribution >= 4 is 39.8 Å². The number of hydrogen-bond donors (Lipinski definition) is 0. The average molecular weight is 451 g/mol. The molecule has 4 rings (SSSR count). The summed E-state index contributed by atoms with van der Waals surface area (Å²) in [5.74, 6) is -0.174. The van der Waals surface area contributed by atoms with Gasteiger partial charge in [-0.1, -0.05) is 30.3 Å². The topological polar surface area (TPSA) is 66.0 Å². The first kappa shape index (κ1) is 21.8. The third kappa shape index (κ3) is 4.75. The molecule has 8 heteroatoms. The van der Waals surface area contributed by atoms with Gasteiger partial charge in [0.25, 0.3) is 5.91 Å². The van der Waals surface area contributed by atoms with E-state index in [1.54, 1.807) is 16.0 Å². The molecule has 0 aliphatic carbocycles. The van der Waals surface area contributed by atoms with Crippen molar-refractivity contribution in [1.82, 2.24) is 9.88 Å². The lowest BCUT2D eigenvalue weighted by Crippen LogP contribution is -2.46. The van der Waals surface area contributed by atoms with E-state index in [0.717, 1.165) is 23.4 Å². The first-order valence-corrected chi connectivity index (χ1v) is 11.4. The Kier molecular flexibility index (Phi) is 6.70. The third-order valence-electron chi connectivity index (χ3n) is 5.43. The van der Waals surface area contributed by atoms with Crippen LogP contribution in [0.5, 0.6) is 0 Å². The summed E-state index contributed by atoms with van der Waals surface area (Å²) in [6.07, 6.45) is 2.56. The highest BCUT2D eigenvalue weighted by molar-refractivity contribution is 7.13. The van der Waals surface area contributed by atoms with Gasteiger partial charge in [-0.05, 0) is 42.7 Å². The van der Waals surface area contributed by atoms with Crippen LogP contribution in [0.4, 0.5) is 21.3 Å². The molecule has 2 amide bonds. The van der Waals surface area contributed by atoms with E-state index >= 15 is 0 Å². The predicted molar refractivity (Wildman–Crippen MR) is 126 cm³/mol. The van der Waals surface area contributed by atoms with Crippen LogP contribution in [-0.2, 0) is 16.1 Å². The van der Waals surface area contributed by atoms with Gasteiger partial charge in [0.05, 0.1) is 5.69 Å². The van der Waals surface area contributed by atoms with Crippen LogP contribution in [0, 0.1) is 0 Å². The molecule has 0 N–H and O–H groups in total. The van der Waals surface area contributed by atoms with Gasteiger partial charge in [-0.25, -0.2) is 9.78 Å². The van der Waals surface area contributed by atoms with Crippen LogP contribution in [0.3, 0.4) is 0 Å². The van der Waals surface area contributed by atoms with Crippen molar-refractivity contribution in [1.29, 1.82) is 0 Å². The lowest BCUT2D eigenvalue weighted by molar-refractivity contribution is -0.121. The van der Waals surface area contributed by atoms with Crippen LogP contribution in [0.1, 0.15) is 18.4 Å². The average Bonchev–Trinajstić information content (AvgIpc) is 3.51. The van der Waals surface area contributed by atoms with Crippen molar-refractivity contribution in [2.75, 3.05) is 30.4 Å². The van der Waals surface area contributed by atoms with Gasteiger partial charge in [-0.3, -0.25) is 14.6 Å². The van der Waals surface area contributed by atoms with E-state index in [0.29, 0.717) is 18.1 Å². The molecule has 2 heterocycles. The minimum atomic E-state index is -0.587. The molecule has 1 aliphatic heterocycles. The van der Waals surface area contributed by atoms with Crippen molar-refractivity contribution in [3.8, 4) is 0 Å². The molecule has 7 nitrogen and oxygen atoms in total. The Morgan fingerprint density at radius 2 is 1.81 bits per heavy atom. The summed E-state index contributed by atoms with van der Waals surface area (Å²) in [5.41, 5.74) is 2.67. The molecule has 166 valence electrons. The van der Waals surface area contributed by atoms with Crippen molar-refractivity contribution in [2.45, 2.75) is 25.5 Å². The second kappa shape index (κ2) is 9.82. The molecule has 0 bridgehead atoms. The SMILES string of the molecule is CN(C)c1ccc(N(C(=O)C2CCCN2C(=O)OCc2ccccc2)c2nccs2)cc1. The zero-order chi connectivity index (χ0) is 22.5. The number of amides is 2. The molecule has 1 atom stereocenters. The number of anilines is 3. The summed E-state index contributed by atoms with van der Waals surface area (Å²) >= 11 is 1.39. The van der Waals surface area contributed by atoms with E-state index in [1.165, 1.54) is 11.3 Å². The van der Waals surface area contributed by atoms with E-state index in [9.17, 15) is 9.59 Å². The fraction of sp³-hybridized carbons (Fsp3) is 0.292. The van der Waals surface area contributed by atoms with E-state index in [4.69, 9.17) is 4.74 Å². The zero-order valence-electron chi connectivity index (χ0n) is 18.2. The summed E-state index contributed by atoms with van der Waals surface area (Å²) in [6.45, 7) is 0.675. The van der Waals surface area contributed by atoms with Crippen molar-refractivity contribution < 1.29 is 14.3 Å². The quantitative estimate of drug-likeness (QED) is 0.546. The van der Waals surface area contributed by atoms with Crippen molar-refractivity contribution in [3.05, 3.63) is 71.7 Å². The first-order chi connectivity index (χ1) is 15.5. The summed E-state index contributed by atoms with van der Waals surface area (Å²) in [5, 5.41) is 2.42. The number of carbonyl (C=O) groups excluding carboxylic acids is 2. The predicted octanol–water partition coefficient (Wildman–Crippen LogP) is 4.68. The standard InChI is InChI=1S/C24H26N4O3S/c1-26(2)19-10-12-20(13-11-19)28(23-25-14-16-32-23)22(29)21-9-6-15-27(21)24(30)31-17-18-7-4-3-5-8-18/h3-5,7-8,10-14,16,21H,6,9,15,17H2,1-2H3. The number of likely N-dealkylation sites (tertiary alicyclic amines) is 1. The Morgan fingerprint density at radius 1 is 1.09 bits per heavy atom. The molecule has 1 aliphatic rings. The Hall–Kier alpha value is -3.39. The molecule has 2 aromatic carbocycles. The lowest BCUT2D eigenvalue weighted by atomic mass is 10.1. The van der Waals surface area contributed by atoms with Gasteiger partial charge in [0.2, 0.25) is 0 Å². The van der Waals surface area contributed by atoms with Crippen LogP contribution < -0.4 is 9.80 Å². The number of thiazole rings is 1. The number of rotatable bonds is 6. The molecule has 1 fully saturated rings. The molecule has 1 saturated heterocycles. The smallest absolute Gasteiger partial charge is 0.410 e. The summed E-state index contributed by atoms with van der Waals surface area (Å²) in [7, 11) is 3.94. The third-order valence-corrected chi connectivity index (χ3v) is 6.19. The van der Waals surface area contributed by atoms with Gasteiger partial charge in [0, 0.05) is 37.9 Å². The van der Waals surface area contributed by atoms with Crippen LogP contribution >= 0.6 is 11.3 Å².